The third kappa shape index (κ3) is 6.45. The maximum Gasteiger partial charge on any atom is 0.306 e. The molecular weight excluding hydrogens is 382 g/mol. The number of carbonyl (C=O) groups is 1. The van der Waals surface area contributed by atoms with E-state index in [2.05, 4.69) is 0 Å². The number of hydrogen-bond acceptors (Lipinski definition) is 6. The fourth-order valence-electron chi connectivity index (χ4n) is 2.55. The number of methoxy groups -OCH3 is 1. The van der Waals surface area contributed by atoms with E-state index in [1.54, 1.807) is 35.2 Å². The molecule has 2 rings (SSSR count). The first-order valence-electron chi connectivity index (χ1n) is 8.73. The molecule has 152 valence electrons. The quantitative estimate of drug-likeness (QED) is 0.595. The van der Waals surface area contributed by atoms with E-state index in [9.17, 15) is 13.2 Å². The Labute approximate surface area is 166 Å². The van der Waals surface area contributed by atoms with Crippen LogP contribution in [0.1, 0.15) is 19.4 Å². The average molecular weight is 407 g/mol. The van der Waals surface area contributed by atoms with Gasteiger partial charge in [-0.3, -0.25) is 4.79 Å². The summed E-state index contributed by atoms with van der Waals surface area (Å²) in [6.07, 6.45) is 0.962. The van der Waals surface area contributed by atoms with Gasteiger partial charge < -0.3 is 18.6 Å². The van der Waals surface area contributed by atoms with Gasteiger partial charge in [0.25, 0.3) is 5.91 Å². The van der Waals surface area contributed by atoms with Crippen molar-refractivity contribution in [3.63, 3.8) is 0 Å². The Morgan fingerprint density at radius 3 is 2.32 bits per heavy atom. The van der Waals surface area contributed by atoms with Crippen LogP contribution in [0.2, 0.25) is 0 Å². The Morgan fingerprint density at radius 2 is 1.75 bits per heavy atom. The smallest absolute Gasteiger partial charge is 0.306 e. The van der Waals surface area contributed by atoms with Gasteiger partial charge in [0.1, 0.15) is 5.75 Å². The first kappa shape index (κ1) is 21.6. The lowest BCUT2D eigenvalue weighted by atomic mass is 10.1. The highest BCUT2D eigenvalue weighted by molar-refractivity contribution is 7.86. The van der Waals surface area contributed by atoms with Crippen LogP contribution in [0.5, 0.6) is 17.2 Å². The summed E-state index contributed by atoms with van der Waals surface area (Å²) in [6.45, 7) is 3.99. The van der Waals surface area contributed by atoms with Crippen LogP contribution in [-0.2, 0) is 21.5 Å². The first-order valence-corrected chi connectivity index (χ1v) is 10.5. The van der Waals surface area contributed by atoms with Crippen molar-refractivity contribution in [1.29, 1.82) is 0 Å². The van der Waals surface area contributed by atoms with Crippen LogP contribution in [0.25, 0.3) is 0 Å². The van der Waals surface area contributed by atoms with E-state index in [-0.39, 0.29) is 30.9 Å². The van der Waals surface area contributed by atoms with E-state index < -0.39 is 10.1 Å². The van der Waals surface area contributed by atoms with Crippen LogP contribution in [0.15, 0.2) is 48.5 Å². The van der Waals surface area contributed by atoms with Gasteiger partial charge in [0.2, 0.25) is 0 Å². The minimum Gasteiger partial charge on any atom is -0.493 e. The van der Waals surface area contributed by atoms with Crippen molar-refractivity contribution in [3.05, 3.63) is 54.1 Å². The van der Waals surface area contributed by atoms with Gasteiger partial charge in [0, 0.05) is 12.6 Å². The fourth-order valence-corrected chi connectivity index (χ4v) is 3.00. The molecule has 0 fully saturated rings. The van der Waals surface area contributed by atoms with Crippen LogP contribution in [0.4, 0.5) is 0 Å². The minimum atomic E-state index is -3.71. The second-order valence-corrected chi connectivity index (χ2v) is 8.06. The Kier molecular flexibility index (Phi) is 7.28. The molecule has 0 aliphatic heterocycles. The zero-order chi connectivity index (χ0) is 20.7. The minimum absolute atomic E-state index is 0.0757. The molecule has 0 aromatic heterocycles. The van der Waals surface area contributed by atoms with E-state index in [1.807, 2.05) is 32.0 Å². The molecule has 8 heteroatoms. The molecule has 0 aliphatic rings. The largest absolute Gasteiger partial charge is 0.493 e. The van der Waals surface area contributed by atoms with Crippen LogP contribution in [-0.4, -0.2) is 45.2 Å². The highest BCUT2D eigenvalue weighted by Gasteiger charge is 2.20. The van der Waals surface area contributed by atoms with Crippen LogP contribution in [0, 0.1) is 0 Å². The second-order valence-electron chi connectivity index (χ2n) is 6.49. The Bertz CT molecular complexity index is 896. The summed E-state index contributed by atoms with van der Waals surface area (Å²) in [7, 11) is -2.28. The summed E-state index contributed by atoms with van der Waals surface area (Å²) < 4.78 is 38.6. The first-order chi connectivity index (χ1) is 13.2. The molecule has 0 bridgehead atoms. The zero-order valence-electron chi connectivity index (χ0n) is 16.4. The molecule has 7 nitrogen and oxygen atoms in total. The third-order valence-electron chi connectivity index (χ3n) is 3.87. The SMILES string of the molecule is COc1ccc(CN(C(=O)COc2ccccc2)C(C)C)cc1OS(C)(=O)=O. The third-order valence-corrected chi connectivity index (χ3v) is 4.35. The molecule has 2 aromatic carbocycles. The van der Waals surface area contributed by atoms with Gasteiger partial charge in [-0.1, -0.05) is 24.3 Å². The highest BCUT2D eigenvalue weighted by Crippen LogP contribution is 2.30. The van der Waals surface area contributed by atoms with Crippen molar-refractivity contribution < 1.29 is 26.9 Å². The molecule has 0 radical (unpaired) electrons. The van der Waals surface area contributed by atoms with Gasteiger partial charge in [0.05, 0.1) is 13.4 Å². The predicted molar refractivity (Wildman–Crippen MR) is 106 cm³/mol. The number of carbonyl (C=O) groups excluding carboxylic acids is 1. The standard InChI is InChI=1S/C20H25NO6S/c1-15(2)21(20(22)14-26-17-8-6-5-7-9-17)13-16-10-11-18(25-3)19(12-16)27-28(4,23)24/h5-12,15H,13-14H2,1-4H3. The second kappa shape index (κ2) is 9.45. The van der Waals surface area contributed by atoms with Crippen molar-refractivity contribution in [2.45, 2.75) is 26.4 Å². The number of amides is 1. The number of benzene rings is 2. The molecule has 0 spiro atoms. The van der Waals surface area contributed by atoms with E-state index >= 15 is 0 Å². The normalized spacial score (nSPS) is 11.2. The van der Waals surface area contributed by atoms with Crippen molar-refractivity contribution in [2.75, 3.05) is 20.0 Å². The molecule has 0 saturated heterocycles. The van der Waals surface area contributed by atoms with Gasteiger partial charge in [-0.25, -0.2) is 0 Å². The lowest BCUT2D eigenvalue weighted by Gasteiger charge is -2.27. The van der Waals surface area contributed by atoms with Crippen molar-refractivity contribution in [2.24, 2.45) is 0 Å². The lowest BCUT2D eigenvalue weighted by Crippen LogP contribution is -2.39. The highest BCUT2D eigenvalue weighted by atomic mass is 32.2. The van der Waals surface area contributed by atoms with E-state index in [1.165, 1.54) is 7.11 Å². The Morgan fingerprint density at radius 1 is 1.07 bits per heavy atom. The van der Waals surface area contributed by atoms with E-state index in [0.29, 0.717) is 17.1 Å². The summed E-state index contributed by atoms with van der Waals surface area (Å²) in [5, 5.41) is 0. The van der Waals surface area contributed by atoms with Gasteiger partial charge in [-0.05, 0) is 43.7 Å². The summed E-state index contributed by atoms with van der Waals surface area (Å²) >= 11 is 0. The predicted octanol–water partition coefficient (Wildman–Crippen LogP) is 2.85. The Hall–Kier alpha value is -2.74. The molecule has 0 heterocycles. The van der Waals surface area contributed by atoms with Crippen molar-refractivity contribution in [3.8, 4) is 17.2 Å². The molecule has 2 aromatic rings. The van der Waals surface area contributed by atoms with Crippen LogP contribution < -0.4 is 13.7 Å². The van der Waals surface area contributed by atoms with Crippen molar-refractivity contribution >= 4 is 16.0 Å². The van der Waals surface area contributed by atoms with Crippen molar-refractivity contribution in [1.82, 2.24) is 4.90 Å². The molecule has 28 heavy (non-hydrogen) atoms. The number of para-hydroxylation sites is 1. The number of hydrogen-bond donors (Lipinski definition) is 0. The summed E-state index contributed by atoms with van der Waals surface area (Å²) in [5.41, 5.74) is 0.709. The molecular formula is C20H25NO6S. The summed E-state index contributed by atoms with van der Waals surface area (Å²) in [6, 6.07) is 14.0. The maximum absolute atomic E-state index is 12.6. The monoisotopic (exact) mass is 407 g/mol. The molecule has 0 atom stereocenters. The number of rotatable bonds is 9. The van der Waals surface area contributed by atoms with Gasteiger partial charge in [-0.2, -0.15) is 8.42 Å². The van der Waals surface area contributed by atoms with Crippen LogP contribution in [0.3, 0.4) is 0 Å². The van der Waals surface area contributed by atoms with Gasteiger partial charge >= 0.3 is 10.1 Å². The zero-order valence-corrected chi connectivity index (χ0v) is 17.2. The molecule has 1 amide bonds. The lowest BCUT2D eigenvalue weighted by molar-refractivity contribution is -0.135. The maximum atomic E-state index is 12.6. The number of ether oxygens (including phenoxy) is 2. The Balaban J connectivity index is 2.14. The van der Waals surface area contributed by atoms with Gasteiger partial charge in [-0.15, -0.1) is 0 Å². The molecule has 0 saturated carbocycles. The topological polar surface area (TPSA) is 82.1 Å². The fraction of sp³-hybridized carbons (Fsp3) is 0.350. The van der Waals surface area contributed by atoms with Crippen LogP contribution >= 0.6 is 0 Å². The van der Waals surface area contributed by atoms with E-state index in [4.69, 9.17) is 13.7 Å². The molecule has 0 N–H and O–H groups in total. The molecule has 0 unspecified atom stereocenters. The number of nitrogens with zero attached hydrogens (tertiary/aromatic N) is 1. The molecule has 0 aliphatic carbocycles. The average Bonchev–Trinajstić information content (AvgIpc) is 2.63. The van der Waals surface area contributed by atoms with E-state index in [0.717, 1.165) is 6.26 Å². The van der Waals surface area contributed by atoms with Gasteiger partial charge in [0.15, 0.2) is 18.1 Å². The summed E-state index contributed by atoms with van der Waals surface area (Å²) in [5.74, 6) is 0.816. The summed E-state index contributed by atoms with van der Waals surface area (Å²) in [4.78, 5) is 14.3.